The number of carbonyl (C=O) groups is 1. The number of nitrogens with zero attached hydrogens (tertiary/aromatic N) is 1. The Morgan fingerprint density at radius 1 is 1.50 bits per heavy atom. The maximum absolute atomic E-state index is 11.4. The number of carbonyl (C=O) groups excluding carboxylic acids is 1. The third-order valence-electron chi connectivity index (χ3n) is 2.27. The molecule has 1 aliphatic rings. The van der Waals surface area contributed by atoms with Gasteiger partial charge in [-0.15, -0.1) is 0 Å². The number of amides is 1. The third-order valence-corrected chi connectivity index (χ3v) is 2.27. The molecule has 0 aromatic rings. The first-order valence-corrected chi connectivity index (χ1v) is 4.73. The summed E-state index contributed by atoms with van der Waals surface area (Å²) in [6.07, 6.45) is 3.78. The Hall–Kier alpha value is -0.570. The zero-order valence-corrected chi connectivity index (χ0v) is 7.75. The highest BCUT2D eigenvalue weighted by Gasteiger charge is 2.17. The van der Waals surface area contributed by atoms with Gasteiger partial charge in [-0.2, -0.15) is 0 Å². The molecule has 1 rings (SSSR count). The van der Waals surface area contributed by atoms with Crippen LogP contribution in [-0.4, -0.2) is 29.9 Å². The quantitative estimate of drug-likeness (QED) is 0.679. The fourth-order valence-electron chi connectivity index (χ4n) is 1.48. The van der Waals surface area contributed by atoms with E-state index in [4.69, 9.17) is 5.73 Å². The summed E-state index contributed by atoms with van der Waals surface area (Å²) in [7, 11) is 0. The number of nitrogens with two attached hydrogens (primary N) is 1. The Morgan fingerprint density at radius 3 is 2.58 bits per heavy atom. The first-order valence-electron chi connectivity index (χ1n) is 4.73. The van der Waals surface area contributed by atoms with E-state index in [9.17, 15) is 4.79 Å². The SMILES string of the molecule is CC(N)CCC(=O)N1CCCC1. The number of likely N-dealkylation sites (tertiary alicyclic amines) is 1. The minimum Gasteiger partial charge on any atom is -0.343 e. The maximum Gasteiger partial charge on any atom is 0.222 e. The van der Waals surface area contributed by atoms with Crippen molar-refractivity contribution in [2.75, 3.05) is 13.1 Å². The molecular formula is C9H18N2O. The van der Waals surface area contributed by atoms with Crippen LogP contribution in [0.3, 0.4) is 0 Å². The van der Waals surface area contributed by atoms with E-state index < -0.39 is 0 Å². The van der Waals surface area contributed by atoms with Gasteiger partial charge in [-0.05, 0) is 26.2 Å². The lowest BCUT2D eigenvalue weighted by atomic mass is 10.2. The van der Waals surface area contributed by atoms with Gasteiger partial charge >= 0.3 is 0 Å². The second-order valence-electron chi connectivity index (χ2n) is 3.60. The van der Waals surface area contributed by atoms with E-state index in [1.165, 1.54) is 12.8 Å². The highest BCUT2D eigenvalue weighted by atomic mass is 16.2. The Bertz CT molecular complexity index is 151. The molecule has 1 fully saturated rings. The summed E-state index contributed by atoms with van der Waals surface area (Å²) in [4.78, 5) is 13.4. The van der Waals surface area contributed by atoms with E-state index >= 15 is 0 Å². The number of rotatable bonds is 3. The van der Waals surface area contributed by atoms with Gasteiger partial charge in [0.15, 0.2) is 0 Å². The average Bonchev–Trinajstić information content (AvgIpc) is 2.51. The highest BCUT2D eigenvalue weighted by Crippen LogP contribution is 2.10. The smallest absolute Gasteiger partial charge is 0.222 e. The van der Waals surface area contributed by atoms with E-state index in [1.807, 2.05) is 11.8 Å². The fourth-order valence-corrected chi connectivity index (χ4v) is 1.48. The molecule has 1 aliphatic heterocycles. The van der Waals surface area contributed by atoms with Crippen LogP contribution in [0.1, 0.15) is 32.6 Å². The lowest BCUT2D eigenvalue weighted by Gasteiger charge is -2.15. The molecule has 1 unspecified atom stereocenters. The van der Waals surface area contributed by atoms with Crippen molar-refractivity contribution in [3.8, 4) is 0 Å². The summed E-state index contributed by atoms with van der Waals surface area (Å²) in [6.45, 7) is 3.85. The van der Waals surface area contributed by atoms with Gasteiger partial charge in [-0.1, -0.05) is 0 Å². The molecule has 0 spiro atoms. The topological polar surface area (TPSA) is 46.3 Å². The summed E-state index contributed by atoms with van der Waals surface area (Å²) < 4.78 is 0. The van der Waals surface area contributed by atoms with Gasteiger partial charge in [0, 0.05) is 25.6 Å². The van der Waals surface area contributed by atoms with E-state index in [0.717, 1.165) is 19.5 Å². The molecule has 0 aromatic heterocycles. The van der Waals surface area contributed by atoms with E-state index in [1.54, 1.807) is 0 Å². The minimum absolute atomic E-state index is 0.150. The number of hydrogen-bond donors (Lipinski definition) is 1. The predicted octanol–water partition coefficient (Wildman–Crippen LogP) is 0.736. The number of hydrogen-bond acceptors (Lipinski definition) is 2. The largest absolute Gasteiger partial charge is 0.343 e. The van der Waals surface area contributed by atoms with Gasteiger partial charge in [0.1, 0.15) is 0 Å². The van der Waals surface area contributed by atoms with Crippen molar-refractivity contribution >= 4 is 5.91 Å². The molecule has 1 amide bonds. The maximum atomic E-state index is 11.4. The highest BCUT2D eigenvalue weighted by molar-refractivity contribution is 5.76. The Labute approximate surface area is 73.9 Å². The van der Waals surface area contributed by atoms with Crippen molar-refractivity contribution in [2.45, 2.75) is 38.6 Å². The summed E-state index contributed by atoms with van der Waals surface area (Å²) in [5.41, 5.74) is 5.57. The molecule has 0 aromatic carbocycles. The van der Waals surface area contributed by atoms with Crippen molar-refractivity contribution in [1.29, 1.82) is 0 Å². The molecule has 0 saturated carbocycles. The van der Waals surface area contributed by atoms with E-state index in [2.05, 4.69) is 0 Å². The van der Waals surface area contributed by atoms with Crippen LogP contribution in [0.15, 0.2) is 0 Å². The molecule has 3 nitrogen and oxygen atoms in total. The van der Waals surface area contributed by atoms with Gasteiger partial charge < -0.3 is 10.6 Å². The zero-order valence-electron chi connectivity index (χ0n) is 7.75. The molecule has 1 atom stereocenters. The predicted molar refractivity (Wildman–Crippen MR) is 48.7 cm³/mol. The lowest BCUT2D eigenvalue weighted by Crippen LogP contribution is -2.29. The van der Waals surface area contributed by atoms with Gasteiger partial charge in [0.2, 0.25) is 5.91 Å². The van der Waals surface area contributed by atoms with Crippen molar-refractivity contribution in [3.63, 3.8) is 0 Å². The summed E-state index contributed by atoms with van der Waals surface area (Å²) >= 11 is 0. The average molecular weight is 170 g/mol. The van der Waals surface area contributed by atoms with Crippen LogP contribution < -0.4 is 5.73 Å². The van der Waals surface area contributed by atoms with E-state index in [0.29, 0.717) is 6.42 Å². The molecule has 70 valence electrons. The zero-order chi connectivity index (χ0) is 8.97. The van der Waals surface area contributed by atoms with Crippen LogP contribution in [0.2, 0.25) is 0 Å². The standard InChI is InChI=1S/C9H18N2O/c1-8(10)4-5-9(12)11-6-2-3-7-11/h8H,2-7,10H2,1H3. The monoisotopic (exact) mass is 170 g/mol. The van der Waals surface area contributed by atoms with Crippen LogP contribution in [0.25, 0.3) is 0 Å². The first-order chi connectivity index (χ1) is 5.70. The summed E-state index contributed by atoms with van der Waals surface area (Å²) in [5, 5.41) is 0. The van der Waals surface area contributed by atoms with Crippen LogP contribution in [-0.2, 0) is 4.79 Å². The second kappa shape index (κ2) is 4.45. The van der Waals surface area contributed by atoms with Crippen LogP contribution in [0.5, 0.6) is 0 Å². The summed E-state index contributed by atoms with van der Waals surface area (Å²) in [5.74, 6) is 0.282. The molecule has 1 saturated heterocycles. The third kappa shape index (κ3) is 2.81. The van der Waals surface area contributed by atoms with Crippen molar-refractivity contribution in [1.82, 2.24) is 4.90 Å². The van der Waals surface area contributed by atoms with Gasteiger partial charge in [0.05, 0.1) is 0 Å². The molecule has 0 radical (unpaired) electrons. The first kappa shape index (κ1) is 9.52. The van der Waals surface area contributed by atoms with Gasteiger partial charge in [0.25, 0.3) is 0 Å². The summed E-state index contributed by atoms with van der Waals surface area (Å²) in [6, 6.07) is 0.150. The molecule has 2 N–H and O–H groups in total. The molecule has 1 heterocycles. The lowest BCUT2D eigenvalue weighted by molar-refractivity contribution is -0.130. The van der Waals surface area contributed by atoms with Crippen molar-refractivity contribution < 1.29 is 4.79 Å². The van der Waals surface area contributed by atoms with Crippen LogP contribution in [0, 0.1) is 0 Å². The second-order valence-corrected chi connectivity index (χ2v) is 3.60. The Balaban J connectivity index is 2.18. The molecule has 12 heavy (non-hydrogen) atoms. The molecule has 0 bridgehead atoms. The van der Waals surface area contributed by atoms with Crippen molar-refractivity contribution in [3.05, 3.63) is 0 Å². The van der Waals surface area contributed by atoms with Crippen LogP contribution >= 0.6 is 0 Å². The molecular weight excluding hydrogens is 152 g/mol. The molecule has 0 aliphatic carbocycles. The van der Waals surface area contributed by atoms with Crippen molar-refractivity contribution in [2.24, 2.45) is 5.73 Å². The Morgan fingerprint density at radius 2 is 2.08 bits per heavy atom. The molecule has 3 heteroatoms. The normalized spacial score (nSPS) is 19.7. The Kier molecular flexibility index (Phi) is 3.53. The fraction of sp³-hybridized carbons (Fsp3) is 0.889. The van der Waals surface area contributed by atoms with Crippen LogP contribution in [0.4, 0.5) is 0 Å². The minimum atomic E-state index is 0.150. The van der Waals surface area contributed by atoms with E-state index in [-0.39, 0.29) is 11.9 Å². The van der Waals surface area contributed by atoms with Gasteiger partial charge in [-0.25, -0.2) is 0 Å². The van der Waals surface area contributed by atoms with Gasteiger partial charge in [-0.3, -0.25) is 4.79 Å².